The normalized spacial score (nSPS) is 17.8. The van der Waals surface area contributed by atoms with Crippen LogP contribution in [0.15, 0.2) is 6.07 Å². The minimum Gasteiger partial charge on any atom is -0.444 e. The Morgan fingerprint density at radius 1 is 1.07 bits per heavy atom. The molecule has 1 fully saturated rings. The minimum atomic E-state index is -0.532. The first-order valence-corrected chi connectivity index (χ1v) is 11.2. The Morgan fingerprint density at radius 3 is 2.45 bits per heavy atom. The van der Waals surface area contributed by atoms with E-state index in [1.54, 1.807) is 4.90 Å². The van der Waals surface area contributed by atoms with Crippen LogP contribution in [0.5, 0.6) is 0 Å². The molecule has 2 N–H and O–H groups in total. The van der Waals surface area contributed by atoms with Crippen molar-refractivity contribution in [2.24, 2.45) is 5.92 Å². The molecular formula is C21H31N3O4S. The van der Waals surface area contributed by atoms with Gasteiger partial charge in [-0.2, -0.15) is 0 Å². The van der Waals surface area contributed by atoms with Crippen molar-refractivity contribution in [3.63, 3.8) is 0 Å². The number of fused-ring (bicyclic) bond motifs is 1. The van der Waals surface area contributed by atoms with Crippen molar-refractivity contribution < 1.29 is 19.1 Å². The van der Waals surface area contributed by atoms with Crippen LogP contribution in [0.25, 0.3) is 0 Å². The van der Waals surface area contributed by atoms with Crippen LogP contribution >= 0.6 is 11.3 Å². The molecule has 2 aliphatic rings. The van der Waals surface area contributed by atoms with Gasteiger partial charge in [-0.05, 0) is 70.9 Å². The standard InChI is InChI=1S/C21H31N3O4S/c1-21(2,3)28-20(27)24-11-9-14(10-12-24)18(25)22-23-19(26)17-13-15-7-5-4-6-8-16(15)29-17/h13-14H,4-12H2,1-3H3,(H,22,25)(H,23,26). The van der Waals surface area contributed by atoms with Gasteiger partial charge in [0.25, 0.3) is 5.91 Å². The molecule has 3 amide bonds. The van der Waals surface area contributed by atoms with E-state index in [1.807, 2.05) is 26.8 Å². The highest BCUT2D eigenvalue weighted by atomic mass is 32.1. The summed E-state index contributed by atoms with van der Waals surface area (Å²) < 4.78 is 5.37. The highest BCUT2D eigenvalue weighted by molar-refractivity contribution is 7.14. The van der Waals surface area contributed by atoms with E-state index >= 15 is 0 Å². The van der Waals surface area contributed by atoms with Gasteiger partial charge in [-0.1, -0.05) is 6.42 Å². The summed E-state index contributed by atoms with van der Waals surface area (Å²) in [6.45, 7) is 6.44. The average molecular weight is 422 g/mol. The number of thiophene rings is 1. The first kappa shape index (κ1) is 21.6. The predicted octanol–water partition coefficient (Wildman–Crippen LogP) is 3.43. The van der Waals surface area contributed by atoms with Crippen LogP contribution in [-0.4, -0.2) is 41.5 Å². The van der Waals surface area contributed by atoms with Gasteiger partial charge in [0.15, 0.2) is 0 Å². The van der Waals surface area contributed by atoms with Gasteiger partial charge in [-0.3, -0.25) is 20.4 Å². The lowest BCUT2D eigenvalue weighted by Crippen LogP contribution is -2.48. The molecule has 0 bridgehead atoms. The van der Waals surface area contributed by atoms with Crippen molar-refractivity contribution in [2.75, 3.05) is 13.1 Å². The summed E-state index contributed by atoms with van der Waals surface area (Å²) in [6.07, 6.45) is 6.41. The van der Waals surface area contributed by atoms with Gasteiger partial charge in [0, 0.05) is 23.9 Å². The molecule has 1 aromatic heterocycles. The number of amides is 3. The van der Waals surface area contributed by atoms with Gasteiger partial charge in [-0.25, -0.2) is 4.79 Å². The summed E-state index contributed by atoms with van der Waals surface area (Å²) in [4.78, 5) is 40.5. The second kappa shape index (κ2) is 9.15. The zero-order valence-corrected chi connectivity index (χ0v) is 18.3. The molecule has 0 unspecified atom stereocenters. The summed E-state index contributed by atoms with van der Waals surface area (Å²) in [5.41, 5.74) is 5.86. The lowest BCUT2D eigenvalue weighted by Gasteiger charge is -2.32. The van der Waals surface area contributed by atoms with Crippen LogP contribution in [0.4, 0.5) is 4.79 Å². The summed E-state index contributed by atoms with van der Waals surface area (Å²) in [7, 11) is 0. The number of ether oxygens (including phenoxy) is 1. The number of carbonyl (C=O) groups is 3. The van der Waals surface area contributed by atoms with Crippen LogP contribution in [0, 0.1) is 5.92 Å². The third kappa shape index (κ3) is 5.95. The van der Waals surface area contributed by atoms with Crippen molar-refractivity contribution in [3.8, 4) is 0 Å². The molecule has 0 atom stereocenters. The van der Waals surface area contributed by atoms with E-state index < -0.39 is 5.60 Å². The third-order valence-electron chi connectivity index (χ3n) is 5.29. The Bertz CT molecular complexity index is 737. The Labute approximate surface area is 176 Å². The zero-order valence-electron chi connectivity index (χ0n) is 17.5. The van der Waals surface area contributed by atoms with E-state index in [2.05, 4.69) is 10.9 Å². The zero-order chi connectivity index (χ0) is 21.0. The number of piperidine rings is 1. The molecule has 1 aromatic rings. The summed E-state index contributed by atoms with van der Waals surface area (Å²) in [6, 6.07) is 1.96. The molecule has 3 rings (SSSR count). The maximum atomic E-state index is 12.4. The summed E-state index contributed by atoms with van der Waals surface area (Å²) in [5, 5.41) is 0. The highest BCUT2D eigenvalue weighted by Gasteiger charge is 2.30. The Morgan fingerprint density at radius 2 is 1.76 bits per heavy atom. The topological polar surface area (TPSA) is 87.7 Å². The van der Waals surface area contributed by atoms with E-state index in [0.717, 1.165) is 12.8 Å². The van der Waals surface area contributed by atoms with E-state index in [-0.39, 0.29) is 23.8 Å². The molecule has 0 spiro atoms. The van der Waals surface area contributed by atoms with Crippen LogP contribution in [0.3, 0.4) is 0 Å². The monoisotopic (exact) mass is 421 g/mol. The van der Waals surface area contributed by atoms with Gasteiger partial charge in [0.1, 0.15) is 5.60 Å². The lowest BCUT2D eigenvalue weighted by molar-refractivity contribution is -0.127. The number of likely N-dealkylation sites (tertiary alicyclic amines) is 1. The second-order valence-corrected chi connectivity index (χ2v) is 9.94. The Kier molecular flexibility index (Phi) is 6.82. The van der Waals surface area contributed by atoms with Gasteiger partial charge in [0.2, 0.25) is 5.91 Å². The van der Waals surface area contributed by atoms with E-state index in [1.165, 1.54) is 41.0 Å². The molecular weight excluding hydrogens is 390 g/mol. The largest absolute Gasteiger partial charge is 0.444 e. The fourth-order valence-electron chi connectivity index (χ4n) is 3.71. The first-order valence-electron chi connectivity index (χ1n) is 10.4. The average Bonchev–Trinajstić information content (AvgIpc) is 2.95. The predicted molar refractivity (Wildman–Crippen MR) is 112 cm³/mol. The van der Waals surface area contributed by atoms with E-state index in [4.69, 9.17) is 4.74 Å². The third-order valence-corrected chi connectivity index (χ3v) is 6.52. The van der Waals surface area contributed by atoms with Gasteiger partial charge in [0.05, 0.1) is 4.88 Å². The maximum Gasteiger partial charge on any atom is 0.410 e. The maximum absolute atomic E-state index is 12.4. The minimum absolute atomic E-state index is 0.208. The number of hydrazine groups is 1. The Balaban J connectivity index is 1.44. The number of hydrogen-bond donors (Lipinski definition) is 2. The molecule has 160 valence electrons. The van der Waals surface area contributed by atoms with Gasteiger partial charge >= 0.3 is 6.09 Å². The number of hydrogen-bond acceptors (Lipinski definition) is 5. The molecule has 29 heavy (non-hydrogen) atoms. The fraction of sp³-hybridized carbons (Fsp3) is 0.667. The van der Waals surface area contributed by atoms with Gasteiger partial charge in [-0.15, -0.1) is 11.3 Å². The smallest absolute Gasteiger partial charge is 0.410 e. The van der Waals surface area contributed by atoms with Crippen LogP contribution in [-0.2, 0) is 22.4 Å². The Hall–Kier alpha value is -2.09. The van der Waals surface area contributed by atoms with E-state index in [0.29, 0.717) is 30.8 Å². The van der Waals surface area contributed by atoms with Crippen LogP contribution in [0.1, 0.15) is 73.0 Å². The molecule has 0 saturated carbocycles. The lowest BCUT2D eigenvalue weighted by atomic mass is 9.96. The van der Waals surface area contributed by atoms with Gasteiger partial charge < -0.3 is 9.64 Å². The van der Waals surface area contributed by atoms with Crippen molar-refractivity contribution >= 4 is 29.2 Å². The summed E-state index contributed by atoms with van der Waals surface area (Å²) in [5.74, 6) is -0.697. The number of rotatable bonds is 2. The number of nitrogens with zero attached hydrogens (tertiary/aromatic N) is 1. The number of aryl methyl sites for hydroxylation is 2. The molecule has 8 heteroatoms. The number of nitrogens with one attached hydrogen (secondary N) is 2. The quantitative estimate of drug-likeness (QED) is 0.566. The van der Waals surface area contributed by atoms with Crippen molar-refractivity contribution in [1.82, 2.24) is 15.8 Å². The van der Waals surface area contributed by atoms with Crippen molar-refractivity contribution in [2.45, 2.75) is 71.3 Å². The molecule has 0 radical (unpaired) electrons. The van der Waals surface area contributed by atoms with Crippen LogP contribution < -0.4 is 10.9 Å². The molecule has 1 aliphatic heterocycles. The molecule has 1 saturated heterocycles. The molecule has 0 aromatic carbocycles. The van der Waals surface area contributed by atoms with Crippen LogP contribution in [0.2, 0.25) is 0 Å². The fourth-order valence-corrected chi connectivity index (χ4v) is 4.86. The van der Waals surface area contributed by atoms with Crippen molar-refractivity contribution in [3.05, 3.63) is 21.4 Å². The first-order chi connectivity index (χ1) is 13.7. The molecule has 7 nitrogen and oxygen atoms in total. The second-order valence-electron chi connectivity index (χ2n) is 8.80. The number of carbonyl (C=O) groups excluding carboxylic acids is 3. The SMILES string of the molecule is CC(C)(C)OC(=O)N1CCC(C(=O)NNC(=O)c2cc3c(s2)CCCCC3)CC1. The van der Waals surface area contributed by atoms with E-state index in [9.17, 15) is 14.4 Å². The molecule has 1 aliphatic carbocycles. The molecule has 2 heterocycles. The van der Waals surface area contributed by atoms with Crippen molar-refractivity contribution in [1.29, 1.82) is 0 Å². The summed E-state index contributed by atoms with van der Waals surface area (Å²) >= 11 is 1.53. The highest BCUT2D eigenvalue weighted by Crippen LogP contribution is 2.29.